The van der Waals surface area contributed by atoms with Crippen LogP contribution in [0, 0.1) is 0 Å². The van der Waals surface area contributed by atoms with Gasteiger partial charge in [-0.05, 0) is 12.8 Å². The molecule has 0 bridgehead atoms. The lowest BCUT2D eigenvalue weighted by Gasteiger charge is -2.41. The Morgan fingerprint density at radius 3 is 1.23 bits per heavy atom. The van der Waals surface area contributed by atoms with Crippen LogP contribution in [-0.4, -0.2) is 98.9 Å². The van der Waals surface area contributed by atoms with Gasteiger partial charge >= 0.3 is 13.8 Å². The first-order valence-electron chi connectivity index (χ1n) is 22.9. The second-order valence-electron chi connectivity index (χ2n) is 16.3. The number of carbonyl (C=O) groups excluding carboxylic acids is 1. The van der Waals surface area contributed by atoms with Gasteiger partial charge in [-0.2, -0.15) is 0 Å². The van der Waals surface area contributed by atoms with Gasteiger partial charge in [0.15, 0.2) is 0 Å². The molecule has 1 saturated carbocycles. The molecule has 6 unspecified atom stereocenters. The summed E-state index contributed by atoms with van der Waals surface area (Å²) in [5.41, 5.74) is 0. The molecular weight excluding hydrogens is 739 g/mol. The van der Waals surface area contributed by atoms with Crippen LogP contribution in [0.1, 0.15) is 206 Å². The number of aliphatic hydroxyl groups is 5. The van der Waals surface area contributed by atoms with Crippen molar-refractivity contribution < 1.29 is 58.3 Å². The zero-order valence-electron chi connectivity index (χ0n) is 35.5. The molecule has 13 heteroatoms. The van der Waals surface area contributed by atoms with E-state index in [9.17, 15) is 39.8 Å². The highest BCUT2D eigenvalue weighted by Gasteiger charge is 2.51. The molecule has 0 heterocycles. The topological polar surface area (TPSA) is 192 Å². The number of carbonyl (C=O) groups is 1. The summed E-state index contributed by atoms with van der Waals surface area (Å²) in [4.78, 5) is 23.1. The SMILES string of the molecule is CCCCCCCCCCCCCCCCCCCC(=O)O[C@H](COCCCCCCCCCCCCCC)COP(=O)(O)OC1C(O)C(O)C(O)[C@@H](O)C1O. The number of phosphoric ester groups is 1. The maximum atomic E-state index is 12.8. The van der Waals surface area contributed by atoms with Crippen LogP contribution in [0.2, 0.25) is 0 Å². The summed E-state index contributed by atoms with van der Waals surface area (Å²) in [6.07, 6.45) is 23.1. The highest BCUT2D eigenvalue weighted by atomic mass is 31.2. The quantitative estimate of drug-likeness (QED) is 0.0196. The summed E-state index contributed by atoms with van der Waals surface area (Å²) in [7, 11) is -5.01. The number of unbranched alkanes of at least 4 members (excludes halogenated alkanes) is 27. The van der Waals surface area contributed by atoms with Crippen molar-refractivity contribution in [3.63, 3.8) is 0 Å². The summed E-state index contributed by atoms with van der Waals surface area (Å²) >= 11 is 0. The van der Waals surface area contributed by atoms with Crippen molar-refractivity contribution in [2.75, 3.05) is 19.8 Å². The lowest BCUT2D eigenvalue weighted by atomic mass is 9.85. The first kappa shape index (κ1) is 53.4. The predicted octanol–water partition coefficient (Wildman–Crippen LogP) is 8.98. The molecule has 334 valence electrons. The van der Waals surface area contributed by atoms with E-state index in [-0.39, 0.29) is 13.0 Å². The number of hydrogen-bond acceptors (Lipinski definition) is 11. The van der Waals surface area contributed by atoms with Crippen molar-refractivity contribution in [1.29, 1.82) is 0 Å². The molecule has 56 heavy (non-hydrogen) atoms. The Labute approximate surface area is 340 Å². The Balaban J connectivity index is 2.37. The maximum Gasteiger partial charge on any atom is 0.472 e. The van der Waals surface area contributed by atoms with E-state index in [0.717, 1.165) is 38.5 Å². The fraction of sp³-hybridized carbons (Fsp3) is 0.977. The zero-order chi connectivity index (χ0) is 41.3. The molecule has 1 aliphatic carbocycles. The normalized spacial score (nSPS) is 22.9. The van der Waals surface area contributed by atoms with E-state index in [0.29, 0.717) is 13.0 Å². The number of aliphatic hydroxyl groups excluding tert-OH is 5. The fourth-order valence-electron chi connectivity index (χ4n) is 7.30. The van der Waals surface area contributed by atoms with Crippen LogP contribution in [0.25, 0.3) is 0 Å². The van der Waals surface area contributed by atoms with Gasteiger partial charge in [0.2, 0.25) is 0 Å². The highest BCUT2D eigenvalue weighted by molar-refractivity contribution is 7.47. The second kappa shape index (κ2) is 35.1. The number of esters is 1. The molecule has 0 aromatic carbocycles. The third kappa shape index (κ3) is 27.2. The number of hydrogen-bond donors (Lipinski definition) is 6. The summed E-state index contributed by atoms with van der Waals surface area (Å²) in [6.45, 7) is 4.28. The van der Waals surface area contributed by atoms with Crippen molar-refractivity contribution in [2.24, 2.45) is 0 Å². The highest BCUT2D eigenvalue weighted by Crippen LogP contribution is 2.47. The van der Waals surface area contributed by atoms with Gasteiger partial charge in [0.25, 0.3) is 0 Å². The van der Waals surface area contributed by atoms with Gasteiger partial charge in [0.1, 0.15) is 42.7 Å². The Morgan fingerprint density at radius 1 is 0.500 bits per heavy atom. The van der Waals surface area contributed by atoms with Crippen LogP contribution in [0.3, 0.4) is 0 Å². The van der Waals surface area contributed by atoms with Gasteiger partial charge < -0.3 is 39.9 Å². The van der Waals surface area contributed by atoms with Crippen molar-refractivity contribution in [2.45, 2.75) is 249 Å². The smallest absolute Gasteiger partial charge is 0.457 e. The minimum absolute atomic E-state index is 0.0683. The van der Waals surface area contributed by atoms with Crippen molar-refractivity contribution in [3.8, 4) is 0 Å². The molecule has 1 rings (SSSR count). The summed E-state index contributed by atoms with van der Waals surface area (Å²) < 4.78 is 34.1. The van der Waals surface area contributed by atoms with E-state index < -0.39 is 63.1 Å². The maximum absolute atomic E-state index is 12.8. The average Bonchev–Trinajstić information content (AvgIpc) is 3.18. The molecule has 6 N–H and O–H groups in total. The van der Waals surface area contributed by atoms with E-state index in [1.54, 1.807) is 0 Å². The minimum Gasteiger partial charge on any atom is -0.457 e. The van der Waals surface area contributed by atoms with Gasteiger partial charge in [0, 0.05) is 13.0 Å². The molecule has 0 aromatic heterocycles. The third-order valence-corrected chi connectivity index (χ3v) is 12.0. The standard InChI is InChI=1S/C43H85O12P/c1-3-5-7-9-11-13-15-17-18-19-20-21-22-24-26-28-30-32-37(44)54-36(34-52-33-31-29-27-25-23-16-14-12-10-8-6-4-2)35-53-56(50,51)55-43-41(48)39(46)38(45)40(47)42(43)49/h36,38-43,45-49H,3-35H2,1-2H3,(H,50,51)/t36-,38?,39-,40?,41?,42?,43?/m1/s1. The Morgan fingerprint density at radius 2 is 0.839 bits per heavy atom. The minimum atomic E-state index is -5.01. The Bertz CT molecular complexity index is 942. The molecule has 0 aliphatic heterocycles. The van der Waals surface area contributed by atoms with Crippen LogP contribution in [0.5, 0.6) is 0 Å². The molecular formula is C43H85O12P. The molecule has 0 aromatic rings. The van der Waals surface area contributed by atoms with E-state index in [1.807, 2.05) is 0 Å². The monoisotopic (exact) mass is 825 g/mol. The van der Waals surface area contributed by atoms with Crippen LogP contribution < -0.4 is 0 Å². The largest absolute Gasteiger partial charge is 0.472 e. The van der Waals surface area contributed by atoms with Crippen LogP contribution >= 0.6 is 7.82 Å². The van der Waals surface area contributed by atoms with E-state index in [1.165, 1.54) is 141 Å². The molecule has 0 radical (unpaired) electrons. The van der Waals surface area contributed by atoms with Gasteiger partial charge in [-0.15, -0.1) is 0 Å². The van der Waals surface area contributed by atoms with Crippen LogP contribution in [0.15, 0.2) is 0 Å². The average molecular weight is 825 g/mol. The molecule has 1 aliphatic rings. The van der Waals surface area contributed by atoms with E-state index in [4.69, 9.17) is 18.5 Å². The molecule has 8 atom stereocenters. The summed E-state index contributed by atoms with van der Waals surface area (Å²) in [6, 6.07) is 0. The van der Waals surface area contributed by atoms with E-state index >= 15 is 0 Å². The molecule has 0 spiro atoms. The van der Waals surface area contributed by atoms with Crippen LogP contribution in [-0.2, 0) is 27.9 Å². The predicted molar refractivity (Wildman–Crippen MR) is 221 cm³/mol. The molecule has 12 nitrogen and oxygen atoms in total. The Kier molecular flexibility index (Phi) is 33.5. The molecule has 0 amide bonds. The van der Waals surface area contributed by atoms with Crippen molar-refractivity contribution >= 4 is 13.8 Å². The number of phosphoric acid groups is 1. The first-order valence-corrected chi connectivity index (χ1v) is 24.4. The van der Waals surface area contributed by atoms with Gasteiger partial charge in [-0.1, -0.05) is 187 Å². The van der Waals surface area contributed by atoms with Crippen LogP contribution in [0.4, 0.5) is 0 Å². The number of ether oxygens (including phenoxy) is 2. The fourth-order valence-corrected chi connectivity index (χ4v) is 8.27. The van der Waals surface area contributed by atoms with Gasteiger partial charge in [-0.25, -0.2) is 4.57 Å². The number of rotatable bonds is 39. The first-order chi connectivity index (χ1) is 27.0. The lowest BCUT2D eigenvalue weighted by Crippen LogP contribution is -2.64. The third-order valence-electron chi connectivity index (χ3n) is 11.0. The molecule has 0 saturated heterocycles. The van der Waals surface area contributed by atoms with Gasteiger partial charge in [-0.3, -0.25) is 13.8 Å². The summed E-state index contributed by atoms with van der Waals surface area (Å²) in [5.74, 6) is -0.472. The van der Waals surface area contributed by atoms with E-state index in [2.05, 4.69) is 13.8 Å². The second-order valence-corrected chi connectivity index (χ2v) is 17.7. The lowest BCUT2D eigenvalue weighted by molar-refractivity contribution is -0.220. The van der Waals surface area contributed by atoms with Crippen molar-refractivity contribution in [1.82, 2.24) is 0 Å². The molecule has 1 fully saturated rings. The van der Waals surface area contributed by atoms with Crippen molar-refractivity contribution in [3.05, 3.63) is 0 Å². The summed E-state index contributed by atoms with van der Waals surface area (Å²) in [5, 5.41) is 50.1. The zero-order valence-corrected chi connectivity index (χ0v) is 36.4. The van der Waals surface area contributed by atoms with Gasteiger partial charge in [0.05, 0.1) is 13.2 Å². The Hall–Kier alpha value is -0.660.